The van der Waals surface area contributed by atoms with Crippen LogP contribution in [0.1, 0.15) is 31.5 Å². The molecule has 0 aliphatic rings. The van der Waals surface area contributed by atoms with E-state index in [4.69, 9.17) is 5.73 Å². The third-order valence-corrected chi connectivity index (χ3v) is 3.01. The summed E-state index contributed by atoms with van der Waals surface area (Å²) in [5.41, 5.74) is 7.88. The van der Waals surface area contributed by atoms with Crippen molar-refractivity contribution in [2.24, 2.45) is 5.73 Å². The van der Waals surface area contributed by atoms with Crippen LogP contribution in [0.2, 0.25) is 0 Å². The maximum absolute atomic E-state index is 9.71. The van der Waals surface area contributed by atoms with Crippen molar-refractivity contribution in [3.05, 3.63) is 48.0 Å². The van der Waals surface area contributed by atoms with E-state index in [1.165, 1.54) is 0 Å². The molecule has 0 atom stereocenters. The van der Waals surface area contributed by atoms with Gasteiger partial charge in [0.1, 0.15) is 0 Å². The molecule has 2 aromatic rings. The normalized spacial score (nSPS) is 11.8. The minimum absolute atomic E-state index is 0.501. The number of imidazole rings is 1. The van der Waals surface area contributed by atoms with Crippen molar-refractivity contribution in [2.75, 3.05) is 0 Å². The first kappa shape index (κ1) is 13.8. The number of hydrogen-bond donors (Lipinski definition) is 2. The topological polar surface area (TPSA) is 64.1 Å². The Morgan fingerprint density at radius 1 is 1.42 bits per heavy atom. The van der Waals surface area contributed by atoms with E-state index in [9.17, 15) is 5.11 Å². The molecule has 0 unspecified atom stereocenters. The standard InChI is InChI=1S/C15H20N3O/c1-15(2,19)8-7-13-10-18(11-17-13)14-5-3-12(9-16)4-6-14/h3,5-6,10-11,19H,7-9,16H2,1-2H3. The van der Waals surface area contributed by atoms with Crippen LogP contribution in [0, 0.1) is 6.07 Å². The molecule has 0 aliphatic heterocycles. The zero-order valence-electron chi connectivity index (χ0n) is 11.4. The van der Waals surface area contributed by atoms with Crippen molar-refractivity contribution >= 4 is 0 Å². The molecule has 101 valence electrons. The maximum atomic E-state index is 9.71. The Balaban J connectivity index is 2.07. The van der Waals surface area contributed by atoms with E-state index < -0.39 is 5.60 Å². The van der Waals surface area contributed by atoms with Crippen LogP contribution in [-0.4, -0.2) is 20.3 Å². The van der Waals surface area contributed by atoms with Gasteiger partial charge in [0, 0.05) is 18.4 Å². The molecule has 19 heavy (non-hydrogen) atoms. The van der Waals surface area contributed by atoms with Crippen LogP contribution in [-0.2, 0) is 13.0 Å². The van der Waals surface area contributed by atoms with Crippen LogP contribution in [0.25, 0.3) is 5.69 Å². The minimum atomic E-state index is -0.652. The van der Waals surface area contributed by atoms with E-state index in [1.54, 1.807) is 6.33 Å². The summed E-state index contributed by atoms with van der Waals surface area (Å²) in [5, 5.41) is 9.71. The molecule has 1 heterocycles. The van der Waals surface area contributed by atoms with Crippen molar-refractivity contribution in [2.45, 2.75) is 38.8 Å². The third-order valence-electron chi connectivity index (χ3n) is 3.01. The fraction of sp³-hybridized carbons (Fsp3) is 0.400. The van der Waals surface area contributed by atoms with Gasteiger partial charge in [-0.3, -0.25) is 0 Å². The van der Waals surface area contributed by atoms with Gasteiger partial charge in [-0.05, 0) is 50.5 Å². The monoisotopic (exact) mass is 258 g/mol. The average Bonchev–Trinajstić information content (AvgIpc) is 2.84. The van der Waals surface area contributed by atoms with Gasteiger partial charge in [0.15, 0.2) is 0 Å². The van der Waals surface area contributed by atoms with Gasteiger partial charge in [-0.25, -0.2) is 4.98 Å². The number of rotatable bonds is 5. The largest absolute Gasteiger partial charge is 0.390 e. The summed E-state index contributed by atoms with van der Waals surface area (Å²) in [6.07, 6.45) is 5.23. The van der Waals surface area contributed by atoms with Crippen molar-refractivity contribution in [1.82, 2.24) is 9.55 Å². The summed E-state index contributed by atoms with van der Waals surface area (Å²) in [6.45, 7) is 4.12. The fourth-order valence-electron chi connectivity index (χ4n) is 1.80. The highest BCUT2D eigenvalue weighted by atomic mass is 16.3. The number of nitrogens with zero attached hydrogens (tertiary/aromatic N) is 2. The number of nitrogens with two attached hydrogens (primary N) is 1. The molecule has 0 bridgehead atoms. The van der Waals surface area contributed by atoms with Gasteiger partial charge in [-0.1, -0.05) is 6.07 Å². The average molecular weight is 258 g/mol. The van der Waals surface area contributed by atoms with E-state index >= 15 is 0 Å². The first-order valence-electron chi connectivity index (χ1n) is 6.44. The van der Waals surface area contributed by atoms with Crippen molar-refractivity contribution in [3.63, 3.8) is 0 Å². The predicted octanol–water partition coefficient (Wildman–Crippen LogP) is 1.83. The summed E-state index contributed by atoms with van der Waals surface area (Å²) in [4.78, 5) is 4.35. The Kier molecular flexibility index (Phi) is 4.02. The van der Waals surface area contributed by atoms with Crippen LogP contribution in [0.4, 0.5) is 0 Å². The Bertz CT molecular complexity index is 523. The molecule has 1 radical (unpaired) electrons. The Morgan fingerprint density at radius 2 is 2.21 bits per heavy atom. The molecule has 2 rings (SSSR count). The summed E-state index contributed by atoms with van der Waals surface area (Å²) >= 11 is 0. The van der Waals surface area contributed by atoms with Crippen molar-refractivity contribution < 1.29 is 5.11 Å². The zero-order valence-corrected chi connectivity index (χ0v) is 11.4. The van der Waals surface area contributed by atoms with Crippen LogP contribution in [0.5, 0.6) is 0 Å². The van der Waals surface area contributed by atoms with Gasteiger partial charge in [-0.2, -0.15) is 0 Å². The molecular formula is C15H20N3O. The van der Waals surface area contributed by atoms with Crippen LogP contribution >= 0.6 is 0 Å². The molecule has 0 amide bonds. The van der Waals surface area contributed by atoms with Crippen molar-refractivity contribution in [3.8, 4) is 5.69 Å². The number of aliphatic hydroxyl groups is 1. The number of aryl methyl sites for hydroxylation is 1. The van der Waals surface area contributed by atoms with Crippen LogP contribution in [0.15, 0.2) is 30.7 Å². The minimum Gasteiger partial charge on any atom is -0.390 e. The molecular weight excluding hydrogens is 238 g/mol. The van der Waals surface area contributed by atoms with Gasteiger partial charge in [-0.15, -0.1) is 0 Å². The lowest BCUT2D eigenvalue weighted by atomic mass is 10.0. The molecule has 4 heteroatoms. The molecule has 1 aromatic carbocycles. The lowest BCUT2D eigenvalue weighted by Crippen LogP contribution is -2.19. The summed E-state index contributed by atoms with van der Waals surface area (Å²) in [6, 6.07) is 9.01. The maximum Gasteiger partial charge on any atom is 0.0995 e. The molecule has 4 nitrogen and oxygen atoms in total. The molecule has 1 aromatic heterocycles. The van der Waals surface area contributed by atoms with Gasteiger partial charge in [0.25, 0.3) is 0 Å². The summed E-state index contributed by atoms with van der Waals surface area (Å²) in [7, 11) is 0. The quantitative estimate of drug-likeness (QED) is 0.860. The second kappa shape index (κ2) is 5.55. The smallest absolute Gasteiger partial charge is 0.0995 e. The second-order valence-corrected chi connectivity index (χ2v) is 5.36. The Labute approximate surface area is 113 Å². The van der Waals surface area contributed by atoms with Crippen LogP contribution < -0.4 is 5.73 Å². The highest BCUT2D eigenvalue weighted by Gasteiger charge is 2.13. The number of benzene rings is 1. The summed E-state index contributed by atoms with van der Waals surface area (Å²) < 4.78 is 1.95. The number of hydrogen-bond acceptors (Lipinski definition) is 3. The lowest BCUT2D eigenvalue weighted by Gasteiger charge is -2.15. The molecule has 0 spiro atoms. The molecule has 0 aliphatic carbocycles. The zero-order chi connectivity index (χ0) is 13.9. The second-order valence-electron chi connectivity index (χ2n) is 5.36. The highest BCUT2D eigenvalue weighted by Crippen LogP contribution is 2.14. The molecule has 0 saturated carbocycles. The SMILES string of the molecule is CC(C)(O)CCc1cn(-c2c[c]c(CN)cc2)cn1. The van der Waals surface area contributed by atoms with E-state index in [0.717, 1.165) is 23.4 Å². The van der Waals surface area contributed by atoms with E-state index in [-0.39, 0.29) is 0 Å². The predicted molar refractivity (Wildman–Crippen MR) is 74.9 cm³/mol. The van der Waals surface area contributed by atoms with E-state index in [0.29, 0.717) is 13.0 Å². The molecule has 0 fully saturated rings. The van der Waals surface area contributed by atoms with Gasteiger partial charge in [0.2, 0.25) is 0 Å². The van der Waals surface area contributed by atoms with Gasteiger partial charge in [0.05, 0.1) is 17.6 Å². The van der Waals surface area contributed by atoms with Crippen molar-refractivity contribution in [1.29, 1.82) is 0 Å². The van der Waals surface area contributed by atoms with Gasteiger partial charge < -0.3 is 15.4 Å². The lowest BCUT2D eigenvalue weighted by molar-refractivity contribution is 0.0711. The summed E-state index contributed by atoms with van der Waals surface area (Å²) in [5.74, 6) is 0. The Morgan fingerprint density at radius 3 is 2.79 bits per heavy atom. The number of aromatic nitrogens is 2. The highest BCUT2D eigenvalue weighted by molar-refractivity contribution is 5.34. The van der Waals surface area contributed by atoms with Gasteiger partial charge >= 0.3 is 0 Å². The third kappa shape index (κ3) is 3.91. The molecule has 0 saturated heterocycles. The van der Waals surface area contributed by atoms with E-state index in [2.05, 4.69) is 11.1 Å². The molecule has 3 N–H and O–H groups in total. The first-order valence-corrected chi connectivity index (χ1v) is 6.44. The van der Waals surface area contributed by atoms with Crippen LogP contribution in [0.3, 0.4) is 0 Å². The Hall–Kier alpha value is -1.65. The first-order chi connectivity index (χ1) is 8.98. The fourth-order valence-corrected chi connectivity index (χ4v) is 1.80. The van der Waals surface area contributed by atoms with E-state index in [1.807, 2.05) is 42.8 Å².